The third-order valence-electron chi connectivity index (χ3n) is 4.72. The zero-order valence-electron chi connectivity index (χ0n) is 15.8. The third kappa shape index (κ3) is 3.97. The molecule has 1 saturated heterocycles. The van der Waals surface area contributed by atoms with Crippen LogP contribution in [0.2, 0.25) is 0 Å². The molecular weight excluding hydrogens is 403 g/mol. The van der Waals surface area contributed by atoms with Gasteiger partial charge in [0.2, 0.25) is 0 Å². The van der Waals surface area contributed by atoms with Crippen molar-refractivity contribution < 1.29 is 18.8 Å². The van der Waals surface area contributed by atoms with Crippen LogP contribution in [0, 0.1) is 5.82 Å². The summed E-state index contributed by atoms with van der Waals surface area (Å²) >= 11 is 0.762. The largest absolute Gasteiger partial charge is 0.350 e. The first kappa shape index (κ1) is 19.8. The summed E-state index contributed by atoms with van der Waals surface area (Å²) in [5.74, 6) is -1.24. The molecule has 0 aromatic heterocycles. The Morgan fingerprint density at radius 3 is 2.57 bits per heavy atom. The highest BCUT2D eigenvalue weighted by atomic mass is 32.2. The van der Waals surface area contributed by atoms with E-state index >= 15 is 0 Å². The second-order valence-corrected chi connectivity index (χ2v) is 7.63. The highest BCUT2D eigenvalue weighted by Crippen LogP contribution is 2.32. The number of thioether (sulfide) groups is 1. The number of nitrogens with one attached hydrogen (secondary N) is 1. The van der Waals surface area contributed by atoms with Gasteiger partial charge in [0.15, 0.2) is 0 Å². The van der Waals surface area contributed by atoms with Crippen molar-refractivity contribution >= 4 is 45.7 Å². The van der Waals surface area contributed by atoms with E-state index in [9.17, 15) is 18.8 Å². The monoisotopic (exact) mass is 420 g/mol. The average molecular weight is 420 g/mol. The number of carbonyl (C=O) groups is 3. The van der Waals surface area contributed by atoms with Gasteiger partial charge in [-0.05, 0) is 40.7 Å². The van der Waals surface area contributed by atoms with Crippen LogP contribution in [-0.4, -0.2) is 35.0 Å². The molecule has 1 fully saturated rings. The number of hydrogen-bond acceptors (Lipinski definition) is 4. The minimum atomic E-state index is -0.493. The van der Waals surface area contributed by atoms with Crippen molar-refractivity contribution in [3.8, 4) is 0 Å². The van der Waals surface area contributed by atoms with Crippen LogP contribution in [0.3, 0.4) is 0 Å². The van der Waals surface area contributed by atoms with E-state index in [4.69, 9.17) is 0 Å². The Labute approximate surface area is 176 Å². The molecule has 30 heavy (non-hydrogen) atoms. The lowest BCUT2D eigenvalue weighted by atomic mass is 10.0. The average Bonchev–Trinajstić information content (AvgIpc) is 3.02. The van der Waals surface area contributed by atoms with Gasteiger partial charge in [0.05, 0.1) is 4.91 Å². The maximum absolute atomic E-state index is 13.8. The molecule has 1 N–H and O–H groups in total. The van der Waals surface area contributed by atoms with Crippen LogP contribution < -0.4 is 5.32 Å². The van der Waals surface area contributed by atoms with Gasteiger partial charge in [-0.2, -0.15) is 0 Å². The lowest BCUT2D eigenvalue weighted by molar-refractivity contribution is -0.122. The molecule has 1 heterocycles. The predicted molar refractivity (Wildman–Crippen MR) is 115 cm³/mol. The highest BCUT2D eigenvalue weighted by Gasteiger charge is 2.34. The summed E-state index contributed by atoms with van der Waals surface area (Å²) < 4.78 is 13.8. The van der Waals surface area contributed by atoms with Crippen LogP contribution in [0.5, 0.6) is 0 Å². The first-order chi connectivity index (χ1) is 14.5. The van der Waals surface area contributed by atoms with E-state index in [1.54, 1.807) is 24.3 Å². The predicted octanol–water partition coefficient (Wildman–Crippen LogP) is 4.45. The lowest BCUT2D eigenvalue weighted by Gasteiger charge is -2.13. The lowest BCUT2D eigenvalue weighted by Crippen LogP contribution is -2.37. The van der Waals surface area contributed by atoms with Crippen molar-refractivity contribution in [3.05, 3.63) is 88.6 Å². The first-order valence-corrected chi connectivity index (χ1v) is 10.1. The smallest absolute Gasteiger partial charge is 0.293 e. The number of amides is 3. The van der Waals surface area contributed by atoms with Gasteiger partial charge >= 0.3 is 0 Å². The Bertz CT molecular complexity index is 1190. The number of rotatable bonds is 5. The summed E-state index contributed by atoms with van der Waals surface area (Å²) in [6, 6.07) is 19.1. The topological polar surface area (TPSA) is 66.5 Å². The Kier molecular flexibility index (Phi) is 5.63. The van der Waals surface area contributed by atoms with Crippen molar-refractivity contribution in [2.45, 2.75) is 0 Å². The number of nitrogens with zero attached hydrogens (tertiary/aromatic N) is 1. The fourth-order valence-electron chi connectivity index (χ4n) is 3.23. The summed E-state index contributed by atoms with van der Waals surface area (Å²) in [5, 5.41) is 4.10. The number of imide groups is 1. The van der Waals surface area contributed by atoms with Gasteiger partial charge in [0.25, 0.3) is 17.1 Å². The fraction of sp³-hybridized carbons (Fsp3) is 0.0870. The molecular formula is C23H17FN2O3S. The van der Waals surface area contributed by atoms with Crippen LogP contribution >= 0.6 is 11.8 Å². The molecule has 0 aliphatic carbocycles. The molecule has 0 unspecified atom stereocenters. The van der Waals surface area contributed by atoms with Crippen molar-refractivity contribution in [3.63, 3.8) is 0 Å². The van der Waals surface area contributed by atoms with Crippen LogP contribution in [0.1, 0.15) is 15.9 Å². The first-order valence-electron chi connectivity index (χ1n) is 9.30. The molecule has 1 aliphatic heterocycles. The summed E-state index contributed by atoms with van der Waals surface area (Å²) in [6.45, 7) is 0.156. The maximum Gasteiger partial charge on any atom is 0.293 e. The number of carbonyl (C=O) groups excluding carboxylic acids is 3. The molecule has 5 nitrogen and oxygen atoms in total. The molecule has 0 bridgehead atoms. The normalized spacial score (nSPS) is 15.2. The molecule has 150 valence electrons. The third-order valence-corrected chi connectivity index (χ3v) is 5.63. The quantitative estimate of drug-likeness (QED) is 0.620. The fourth-order valence-corrected chi connectivity index (χ4v) is 4.08. The second kappa shape index (κ2) is 8.51. The van der Waals surface area contributed by atoms with Crippen molar-refractivity contribution in [2.24, 2.45) is 0 Å². The van der Waals surface area contributed by atoms with Crippen LogP contribution in [0.25, 0.3) is 16.8 Å². The standard InChI is InChI=1S/C23H17FN2O3S/c24-19-11-4-2-7-16(19)14-20-22(28)26(23(29)30-20)13-12-25-21(27)18-10-5-8-15-6-1-3-9-17(15)18/h1-11,14H,12-13H2,(H,25,27)/b20-14-. The van der Waals surface area contributed by atoms with E-state index < -0.39 is 17.0 Å². The van der Waals surface area contributed by atoms with Crippen LogP contribution in [-0.2, 0) is 4.79 Å². The minimum Gasteiger partial charge on any atom is -0.350 e. The number of hydrogen-bond donors (Lipinski definition) is 1. The van der Waals surface area contributed by atoms with E-state index in [2.05, 4.69) is 5.32 Å². The Balaban J connectivity index is 1.41. The van der Waals surface area contributed by atoms with E-state index in [1.807, 2.05) is 30.3 Å². The molecule has 3 aromatic carbocycles. The molecule has 3 aromatic rings. The molecule has 0 radical (unpaired) electrons. The SMILES string of the molecule is O=C(NCCN1C(=O)S/C(=C\c2ccccc2F)C1=O)c1cccc2ccccc12. The second-order valence-electron chi connectivity index (χ2n) is 6.64. The Morgan fingerprint density at radius 2 is 1.73 bits per heavy atom. The van der Waals surface area contributed by atoms with E-state index in [0.29, 0.717) is 5.56 Å². The van der Waals surface area contributed by atoms with E-state index in [0.717, 1.165) is 27.4 Å². The summed E-state index contributed by atoms with van der Waals surface area (Å²) in [4.78, 5) is 38.5. The number of halogens is 1. The number of fused-ring (bicyclic) bond motifs is 1. The summed E-state index contributed by atoms with van der Waals surface area (Å²) in [5.41, 5.74) is 0.772. The number of benzene rings is 3. The van der Waals surface area contributed by atoms with Gasteiger partial charge < -0.3 is 5.32 Å². The van der Waals surface area contributed by atoms with Crippen LogP contribution in [0.4, 0.5) is 9.18 Å². The Hall–Kier alpha value is -3.45. The molecule has 0 spiro atoms. The van der Waals surface area contributed by atoms with Gasteiger partial charge in [-0.3, -0.25) is 19.3 Å². The van der Waals surface area contributed by atoms with Gasteiger partial charge in [-0.1, -0.05) is 54.6 Å². The van der Waals surface area contributed by atoms with Crippen molar-refractivity contribution in [2.75, 3.05) is 13.1 Å². The zero-order chi connectivity index (χ0) is 21.1. The molecule has 1 aliphatic rings. The van der Waals surface area contributed by atoms with Crippen molar-refractivity contribution in [1.29, 1.82) is 0 Å². The minimum absolute atomic E-state index is 0.0375. The van der Waals surface area contributed by atoms with Crippen molar-refractivity contribution in [1.82, 2.24) is 10.2 Å². The summed E-state index contributed by atoms with van der Waals surface area (Å²) in [7, 11) is 0. The van der Waals surface area contributed by atoms with E-state index in [1.165, 1.54) is 18.2 Å². The van der Waals surface area contributed by atoms with Gasteiger partial charge in [-0.25, -0.2) is 4.39 Å². The zero-order valence-corrected chi connectivity index (χ0v) is 16.6. The van der Waals surface area contributed by atoms with Gasteiger partial charge in [0, 0.05) is 24.2 Å². The summed E-state index contributed by atoms with van der Waals surface area (Å²) in [6.07, 6.45) is 1.37. The Morgan fingerprint density at radius 1 is 1.00 bits per heavy atom. The molecule has 0 atom stereocenters. The molecule has 7 heteroatoms. The van der Waals surface area contributed by atoms with Gasteiger partial charge in [0.1, 0.15) is 5.82 Å². The molecule has 0 saturated carbocycles. The van der Waals surface area contributed by atoms with E-state index in [-0.39, 0.29) is 29.5 Å². The molecule has 3 amide bonds. The maximum atomic E-state index is 13.8. The highest BCUT2D eigenvalue weighted by molar-refractivity contribution is 8.18. The molecule has 4 rings (SSSR count). The van der Waals surface area contributed by atoms with Gasteiger partial charge in [-0.15, -0.1) is 0 Å². The van der Waals surface area contributed by atoms with Crippen LogP contribution in [0.15, 0.2) is 71.6 Å².